The van der Waals surface area contributed by atoms with Crippen molar-refractivity contribution in [2.24, 2.45) is 0 Å². The van der Waals surface area contributed by atoms with Crippen LogP contribution in [0.1, 0.15) is 15.9 Å². The number of furan rings is 1. The molecular weight excluding hydrogens is 302 g/mol. The van der Waals surface area contributed by atoms with Crippen LogP contribution in [0.2, 0.25) is 0 Å². The van der Waals surface area contributed by atoms with E-state index in [9.17, 15) is 4.79 Å². The topological polar surface area (TPSA) is 42.7 Å². The van der Waals surface area contributed by atoms with Gasteiger partial charge >= 0.3 is 0 Å². The molecule has 1 amide bonds. The number of benzene rings is 2. The van der Waals surface area contributed by atoms with Crippen LogP contribution in [0.3, 0.4) is 0 Å². The fourth-order valence-electron chi connectivity index (χ4n) is 2.60. The fraction of sp³-hybridized carbons (Fsp3) is 0.150. The van der Waals surface area contributed by atoms with E-state index in [-0.39, 0.29) is 5.91 Å². The van der Waals surface area contributed by atoms with Crippen LogP contribution in [0.15, 0.2) is 71.3 Å². The minimum atomic E-state index is -0.0353. The summed E-state index contributed by atoms with van der Waals surface area (Å²) in [6, 6.07) is 18.9. The average Bonchev–Trinajstić information content (AvgIpc) is 3.16. The Labute approximate surface area is 141 Å². The SMILES string of the molecule is COc1ccccc1CN(C)C(=O)c1ccc(-c2ccco2)cc1. The van der Waals surface area contributed by atoms with Gasteiger partial charge in [-0.25, -0.2) is 0 Å². The van der Waals surface area contributed by atoms with Gasteiger partial charge in [-0.1, -0.05) is 30.3 Å². The molecule has 122 valence electrons. The van der Waals surface area contributed by atoms with Gasteiger partial charge in [-0.2, -0.15) is 0 Å². The number of hydrogen-bond donors (Lipinski definition) is 0. The Balaban J connectivity index is 1.73. The first kappa shape index (κ1) is 15.9. The van der Waals surface area contributed by atoms with Crippen molar-refractivity contribution < 1.29 is 13.9 Å². The van der Waals surface area contributed by atoms with Crippen LogP contribution in [0.25, 0.3) is 11.3 Å². The van der Waals surface area contributed by atoms with Crippen molar-refractivity contribution in [2.75, 3.05) is 14.2 Å². The molecule has 4 heteroatoms. The van der Waals surface area contributed by atoms with Crippen LogP contribution in [-0.2, 0) is 6.54 Å². The summed E-state index contributed by atoms with van der Waals surface area (Å²) in [5.41, 5.74) is 2.56. The van der Waals surface area contributed by atoms with Crippen molar-refractivity contribution in [3.05, 3.63) is 78.1 Å². The van der Waals surface area contributed by atoms with Gasteiger partial charge in [0.2, 0.25) is 0 Å². The third kappa shape index (κ3) is 3.33. The van der Waals surface area contributed by atoms with Crippen molar-refractivity contribution in [1.82, 2.24) is 4.90 Å². The van der Waals surface area contributed by atoms with Crippen LogP contribution in [-0.4, -0.2) is 25.0 Å². The van der Waals surface area contributed by atoms with Crippen LogP contribution in [0, 0.1) is 0 Å². The second-order valence-corrected chi connectivity index (χ2v) is 5.53. The summed E-state index contributed by atoms with van der Waals surface area (Å²) in [6.07, 6.45) is 1.63. The summed E-state index contributed by atoms with van der Waals surface area (Å²) in [4.78, 5) is 14.3. The van der Waals surface area contributed by atoms with E-state index in [1.807, 2.05) is 60.7 Å². The fourth-order valence-corrected chi connectivity index (χ4v) is 2.60. The molecule has 0 unspecified atom stereocenters. The molecule has 0 aliphatic heterocycles. The van der Waals surface area contributed by atoms with Gasteiger partial charge < -0.3 is 14.1 Å². The number of methoxy groups -OCH3 is 1. The van der Waals surface area contributed by atoms with Crippen molar-refractivity contribution >= 4 is 5.91 Å². The van der Waals surface area contributed by atoms with Gasteiger partial charge in [0.25, 0.3) is 5.91 Å². The Morgan fingerprint density at radius 1 is 1.04 bits per heavy atom. The molecule has 1 heterocycles. The van der Waals surface area contributed by atoms with E-state index in [1.54, 1.807) is 25.3 Å². The molecule has 3 rings (SSSR count). The number of para-hydroxylation sites is 1. The van der Waals surface area contributed by atoms with Gasteiger partial charge in [0.1, 0.15) is 11.5 Å². The molecule has 2 aromatic carbocycles. The van der Waals surface area contributed by atoms with Gasteiger partial charge in [0, 0.05) is 30.3 Å². The predicted molar refractivity (Wildman–Crippen MR) is 92.9 cm³/mol. The van der Waals surface area contributed by atoms with Gasteiger partial charge in [0.05, 0.1) is 13.4 Å². The van der Waals surface area contributed by atoms with E-state index in [4.69, 9.17) is 9.15 Å². The highest BCUT2D eigenvalue weighted by Crippen LogP contribution is 2.22. The third-order valence-corrected chi connectivity index (χ3v) is 3.88. The highest BCUT2D eigenvalue weighted by Gasteiger charge is 2.14. The molecular formula is C20H19NO3. The van der Waals surface area contributed by atoms with Gasteiger partial charge in [0.15, 0.2) is 0 Å². The monoisotopic (exact) mass is 321 g/mol. The normalized spacial score (nSPS) is 10.4. The number of amides is 1. The molecule has 0 aliphatic carbocycles. The van der Waals surface area contributed by atoms with E-state index in [0.717, 1.165) is 22.6 Å². The van der Waals surface area contributed by atoms with Gasteiger partial charge in [-0.3, -0.25) is 4.79 Å². The quantitative estimate of drug-likeness (QED) is 0.706. The molecule has 0 radical (unpaired) electrons. The highest BCUT2D eigenvalue weighted by atomic mass is 16.5. The first-order valence-electron chi connectivity index (χ1n) is 7.70. The standard InChI is InChI=1S/C20H19NO3/c1-21(14-17-6-3-4-7-18(17)23-2)20(22)16-11-9-15(10-12-16)19-8-5-13-24-19/h3-13H,14H2,1-2H3. The Bertz CT molecular complexity index is 807. The summed E-state index contributed by atoms with van der Waals surface area (Å²) >= 11 is 0. The Kier molecular flexibility index (Phi) is 4.66. The smallest absolute Gasteiger partial charge is 0.253 e. The molecule has 0 saturated heterocycles. The summed E-state index contributed by atoms with van der Waals surface area (Å²) < 4.78 is 10.7. The van der Waals surface area contributed by atoms with Crippen LogP contribution < -0.4 is 4.74 Å². The van der Waals surface area contributed by atoms with Crippen LogP contribution in [0.4, 0.5) is 0 Å². The molecule has 0 fully saturated rings. The van der Waals surface area contributed by atoms with E-state index in [0.29, 0.717) is 12.1 Å². The van der Waals surface area contributed by atoms with Gasteiger partial charge in [-0.15, -0.1) is 0 Å². The molecule has 3 aromatic rings. The highest BCUT2D eigenvalue weighted by molar-refractivity contribution is 5.94. The maximum absolute atomic E-state index is 12.6. The van der Waals surface area contributed by atoms with E-state index >= 15 is 0 Å². The molecule has 0 N–H and O–H groups in total. The zero-order valence-electron chi connectivity index (χ0n) is 13.7. The number of carbonyl (C=O) groups is 1. The molecule has 4 nitrogen and oxygen atoms in total. The maximum atomic E-state index is 12.6. The van der Waals surface area contributed by atoms with Gasteiger partial charge in [-0.05, 0) is 30.3 Å². The summed E-state index contributed by atoms with van der Waals surface area (Å²) in [7, 11) is 3.42. The number of hydrogen-bond acceptors (Lipinski definition) is 3. The molecule has 24 heavy (non-hydrogen) atoms. The zero-order chi connectivity index (χ0) is 16.9. The minimum Gasteiger partial charge on any atom is -0.496 e. The summed E-state index contributed by atoms with van der Waals surface area (Å²) in [5.74, 6) is 1.54. The van der Waals surface area contributed by atoms with Crippen molar-refractivity contribution in [3.63, 3.8) is 0 Å². The van der Waals surface area contributed by atoms with E-state index in [1.165, 1.54) is 0 Å². The lowest BCUT2D eigenvalue weighted by Gasteiger charge is -2.19. The Morgan fingerprint density at radius 2 is 1.79 bits per heavy atom. The lowest BCUT2D eigenvalue weighted by molar-refractivity contribution is 0.0784. The molecule has 1 aromatic heterocycles. The van der Waals surface area contributed by atoms with Crippen LogP contribution >= 0.6 is 0 Å². The lowest BCUT2D eigenvalue weighted by Crippen LogP contribution is -2.26. The first-order valence-corrected chi connectivity index (χ1v) is 7.70. The number of rotatable bonds is 5. The maximum Gasteiger partial charge on any atom is 0.253 e. The number of carbonyl (C=O) groups excluding carboxylic acids is 1. The molecule has 0 atom stereocenters. The number of nitrogens with zero attached hydrogens (tertiary/aromatic N) is 1. The van der Waals surface area contributed by atoms with E-state index < -0.39 is 0 Å². The second kappa shape index (κ2) is 7.04. The van der Waals surface area contributed by atoms with E-state index in [2.05, 4.69) is 0 Å². The zero-order valence-corrected chi connectivity index (χ0v) is 13.7. The third-order valence-electron chi connectivity index (χ3n) is 3.88. The molecule has 0 aliphatic rings. The Morgan fingerprint density at radius 3 is 2.46 bits per heavy atom. The molecule has 0 spiro atoms. The van der Waals surface area contributed by atoms with Crippen molar-refractivity contribution in [1.29, 1.82) is 0 Å². The second-order valence-electron chi connectivity index (χ2n) is 5.53. The molecule has 0 saturated carbocycles. The minimum absolute atomic E-state index is 0.0353. The van der Waals surface area contributed by atoms with Crippen molar-refractivity contribution in [2.45, 2.75) is 6.54 Å². The Hall–Kier alpha value is -3.01. The average molecular weight is 321 g/mol. The lowest BCUT2D eigenvalue weighted by atomic mass is 10.1. The summed E-state index contributed by atoms with van der Waals surface area (Å²) in [5, 5.41) is 0. The largest absolute Gasteiger partial charge is 0.496 e. The summed E-state index contributed by atoms with van der Waals surface area (Å²) in [6.45, 7) is 0.489. The number of ether oxygens (including phenoxy) is 1. The molecule has 0 bridgehead atoms. The van der Waals surface area contributed by atoms with Crippen LogP contribution in [0.5, 0.6) is 5.75 Å². The predicted octanol–water partition coefficient (Wildman–Crippen LogP) is 4.23. The first-order chi connectivity index (χ1) is 11.7. The van der Waals surface area contributed by atoms with Crippen molar-refractivity contribution in [3.8, 4) is 17.1 Å².